The van der Waals surface area contributed by atoms with Gasteiger partial charge in [0.05, 0.1) is 6.54 Å². The highest BCUT2D eigenvalue weighted by molar-refractivity contribution is 5.95. The highest BCUT2D eigenvalue weighted by atomic mass is 16.5. The molecule has 2 rings (SSSR count). The molecule has 0 aliphatic rings. The summed E-state index contributed by atoms with van der Waals surface area (Å²) in [5.74, 6) is 0.329. The van der Waals surface area contributed by atoms with Crippen LogP contribution in [0.2, 0.25) is 0 Å². The summed E-state index contributed by atoms with van der Waals surface area (Å²) >= 11 is 0. The first-order chi connectivity index (χ1) is 8.97. The van der Waals surface area contributed by atoms with E-state index in [0.29, 0.717) is 23.0 Å². The maximum absolute atomic E-state index is 12.0. The minimum absolute atomic E-state index is 0.0897. The van der Waals surface area contributed by atoms with E-state index in [-0.39, 0.29) is 12.1 Å². The molecule has 0 atom stereocenters. The lowest BCUT2D eigenvalue weighted by molar-refractivity contribution is 0.0944. The highest BCUT2D eigenvalue weighted by Crippen LogP contribution is 2.04. The monoisotopic (exact) mass is 262 g/mol. The number of nitrogens with zero attached hydrogens (tertiary/aromatic N) is 2. The van der Waals surface area contributed by atoms with E-state index >= 15 is 0 Å². The van der Waals surface area contributed by atoms with Crippen molar-refractivity contribution in [2.45, 2.75) is 27.3 Å². The lowest BCUT2D eigenvalue weighted by atomic mass is 10.1. The first-order valence-electron chi connectivity index (χ1n) is 5.75. The van der Waals surface area contributed by atoms with Crippen molar-refractivity contribution < 1.29 is 9.32 Å². The summed E-state index contributed by atoms with van der Waals surface area (Å²) in [6.45, 7) is 5.25. The topological polar surface area (TPSA) is 101 Å². The molecule has 7 nitrogen and oxygen atoms in total. The van der Waals surface area contributed by atoms with Gasteiger partial charge in [0.2, 0.25) is 5.89 Å². The number of carbonyl (C=O) groups is 1. The summed E-state index contributed by atoms with van der Waals surface area (Å²) in [7, 11) is 0. The molecular formula is C12H14N4O3. The van der Waals surface area contributed by atoms with Crippen LogP contribution in [0.4, 0.5) is 0 Å². The van der Waals surface area contributed by atoms with Crippen LogP contribution in [-0.2, 0) is 6.54 Å². The second-order valence-corrected chi connectivity index (χ2v) is 4.26. The number of nitrogens with one attached hydrogen (secondary N) is 2. The first kappa shape index (κ1) is 13.0. The zero-order chi connectivity index (χ0) is 14.0. The molecule has 0 fully saturated rings. The van der Waals surface area contributed by atoms with Crippen molar-refractivity contribution in [2.75, 3.05) is 0 Å². The smallest absolute Gasteiger partial charge is 0.261 e. The van der Waals surface area contributed by atoms with Gasteiger partial charge in [-0.15, -0.1) is 0 Å². The van der Waals surface area contributed by atoms with Crippen LogP contribution in [0.25, 0.3) is 0 Å². The van der Waals surface area contributed by atoms with Gasteiger partial charge < -0.3 is 14.8 Å². The summed E-state index contributed by atoms with van der Waals surface area (Å²) in [5, 5.41) is 6.18. The van der Waals surface area contributed by atoms with Gasteiger partial charge in [-0.1, -0.05) is 5.16 Å². The summed E-state index contributed by atoms with van der Waals surface area (Å²) in [6, 6.07) is 1.74. The predicted octanol–water partition coefficient (Wildman–Crippen LogP) is 0.613. The minimum atomic E-state index is -0.463. The molecule has 0 saturated heterocycles. The van der Waals surface area contributed by atoms with Gasteiger partial charge in [0.1, 0.15) is 5.56 Å². The molecule has 2 N–H and O–H groups in total. The lowest BCUT2D eigenvalue weighted by Gasteiger charge is -2.05. The number of aromatic amines is 1. The molecule has 19 heavy (non-hydrogen) atoms. The molecule has 2 heterocycles. The molecular weight excluding hydrogens is 248 g/mol. The minimum Gasteiger partial charge on any atom is -0.343 e. The maximum Gasteiger partial charge on any atom is 0.261 e. The van der Waals surface area contributed by atoms with E-state index in [4.69, 9.17) is 4.52 Å². The molecule has 0 spiro atoms. The third kappa shape index (κ3) is 2.87. The number of H-pyrrole nitrogens is 1. The Morgan fingerprint density at radius 3 is 2.74 bits per heavy atom. The van der Waals surface area contributed by atoms with Gasteiger partial charge >= 0.3 is 0 Å². The normalized spacial score (nSPS) is 10.5. The molecule has 0 unspecified atom stereocenters. The van der Waals surface area contributed by atoms with Gasteiger partial charge in [-0.25, -0.2) is 0 Å². The van der Waals surface area contributed by atoms with Crippen LogP contribution in [-0.4, -0.2) is 21.0 Å². The van der Waals surface area contributed by atoms with E-state index in [1.54, 1.807) is 26.8 Å². The van der Waals surface area contributed by atoms with E-state index in [1.807, 2.05) is 0 Å². The molecule has 1 amide bonds. The molecule has 0 aliphatic carbocycles. The van der Waals surface area contributed by atoms with Crippen molar-refractivity contribution in [1.29, 1.82) is 0 Å². The van der Waals surface area contributed by atoms with Crippen LogP contribution >= 0.6 is 0 Å². The Kier molecular flexibility index (Phi) is 3.46. The molecule has 0 aromatic carbocycles. The second kappa shape index (κ2) is 5.05. The van der Waals surface area contributed by atoms with Gasteiger partial charge in [0.15, 0.2) is 5.82 Å². The summed E-state index contributed by atoms with van der Waals surface area (Å²) in [5.41, 5.74) is 1.03. The van der Waals surface area contributed by atoms with Crippen LogP contribution in [0.15, 0.2) is 15.4 Å². The van der Waals surface area contributed by atoms with E-state index in [9.17, 15) is 9.59 Å². The highest BCUT2D eigenvalue weighted by Gasteiger charge is 2.15. The van der Waals surface area contributed by atoms with Crippen molar-refractivity contribution in [1.82, 2.24) is 20.4 Å². The third-order valence-electron chi connectivity index (χ3n) is 2.56. The summed E-state index contributed by atoms with van der Waals surface area (Å²) in [4.78, 5) is 30.3. The van der Waals surface area contributed by atoms with Crippen LogP contribution in [0.5, 0.6) is 0 Å². The zero-order valence-electron chi connectivity index (χ0n) is 10.9. The van der Waals surface area contributed by atoms with Crippen LogP contribution in [0.1, 0.15) is 33.3 Å². The average molecular weight is 262 g/mol. The molecule has 7 heteroatoms. The Labute approximate surface area is 109 Å². The molecule has 2 aromatic rings. The van der Waals surface area contributed by atoms with Crippen molar-refractivity contribution in [3.8, 4) is 0 Å². The summed E-state index contributed by atoms with van der Waals surface area (Å²) in [6.07, 6.45) is 0. The lowest BCUT2D eigenvalue weighted by Crippen LogP contribution is -2.30. The van der Waals surface area contributed by atoms with Crippen molar-refractivity contribution >= 4 is 5.91 Å². The number of carbonyl (C=O) groups excluding carboxylic acids is 1. The third-order valence-corrected chi connectivity index (χ3v) is 2.56. The van der Waals surface area contributed by atoms with E-state index < -0.39 is 11.5 Å². The predicted molar refractivity (Wildman–Crippen MR) is 66.7 cm³/mol. The number of pyridine rings is 1. The Morgan fingerprint density at radius 2 is 2.16 bits per heavy atom. The number of aromatic nitrogens is 3. The number of hydrogen-bond donors (Lipinski definition) is 2. The van der Waals surface area contributed by atoms with Gasteiger partial charge in [-0.2, -0.15) is 4.98 Å². The van der Waals surface area contributed by atoms with Crippen molar-refractivity contribution in [3.05, 3.63) is 45.0 Å². The van der Waals surface area contributed by atoms with Gasteiger partial charge in [0.25, 0.3) is 11.5 Å². The van der Waals surface area contributed by atoms with Gasteiger partial charge in [0, 0.05) is 5.69 Å². The van der Waals surface area contributed by atoms with Gasteiger partial charge in [-0.05, 0) is 32.4 Å². The van der Waals surface area contributed by atoms with Gasteiger partial charge in [-0.3, -0.25) is 9.59 Å². The first-order valence-corrected chi connectivity index (χ1v) is 5.75. The van der Waals surface area contributed by atoms with Crippen molar-refractivity contribution in [2.24, 2.45) is 0 Å². The number of aryl methyl sites for hydroxylation is 3. The average Bonchev–Trinajstić information content (AvgIpc) is 2.71. The van der Waals surface area contributed by atoms with E-state index in [2.05, 4.69) is 20.4 Å². The fourth-order valence-corrected chi connectivity index (χ4v) is 1.79. The Morgan fingerprint density at radius 1 is 1.42 bits per heavy atom. The Balaban J connectivity index is 2.14. The number of hydrogen-bond acceptors (Lipinski definition) is 5. The Hall–Kier alpha value is -2.44. The molecule has 0 radical (unpaired) electrons. The van der Waals surface area contributed by atoms with E-state index in [0.717, 1.165) is 0 Å². The van der Waals surface area contributed by atoms with Crippen LogP contribution in [0, 0.1) is 20.8 Å². The molecule has 100 valence electrons. The van der Waals surface area contributed by atoms with E-state index in [1.165, 1.54) is 0 Å². The zero-order valence-corrected chi connectivity index (χ0v) is 10.9. The molecule has 0 saturated carbocycles. The molecule has 0 bridgehead atoms. The maximum atomic E-state index is 12.0. The van der Waals surface area contributed by atoms with Crippen molar-refractivity contribution in [3.63, 3.8) is 0 Å². The summed E-state index contributed by atoms with van der Waals surface area (Å²) < 4.78 is 4.87. The van der Waals surface area contributed by atoms with Crippen LogP contribution < -0.4 is 10.9 Å². The number of rotatable bonds is 3. The standard InChI is InChI=1S/C12H14N4O3/c1-6-4-7(2)14-12(18)10(6)11(17)13-5-9-15-8(3)16-19-9/h4H,5H2,1-3H3,(H,13,17)(H,14,18). The molecule has 0 aliphatic heterocycles. The SMILES string of the molecule is Cc1noc(CNC(=O)c2c(C)cc(C)[nH]c2=O)n1. The van der Waals surface area contributed by atoms with Crippen LogP contribution in [0.3, 0.4) is 0 Å². The number of amides is 1. The second-order valence-electron chi connectivity index (χ2n) is 4.26. The largest absolute Gasteiger partial charge is 0.343 e. The fourth-order valence-electron chi connectivity index (χ4n) is 1.79. The quantitative estimate of drug-likeness (QED) is 0.844. The Bertz CT molecular complexity index is 672. The fraction of sp³-hybridized carbons (Fsp3) is 0.333. The molecule has 2 aromatic heterocycles.